The second kappa shape index (κ2) is 8.93. The van der Waals surface area contributed by atoms with E-state index in [2.05, 4.69) is 0 Å². The van der Waals surface area contributed by atoms with Crippen molar-refractivity contribution in [2.75, 3.05) is 0 Å². The van der Waals surface area contributed by atoms with Crippen LogP contribution in [-0.4, -0.2) is 11.1 Å². The third kappa shape index (κ3) is 2320. The molecule has 2 nitrogen and oxygen atoms in total. The molecule has 0 spiro atoms. The molecule has 6 heavy (non-hydrogen) atoms. The number of carboxylic acid groups (broad SMARTS) is 1. The number of carboxylic acids is 1. The third-order valence-electron chi connectivity index (χ3n) is 0. The summed E-state index contributed by atoms with van der Waals surface area (Å²) in [5, 5.41) is 7.42. The number of rotatable bonds is 0. The second-order valence-electron chi connectivity index (χ2n) is 0.519. The van der Waals surface area contributed by atoms with E-state index in [1.54, 1.807) is 0 Å². The molecule has 38 valence electrons. The molecule has 0 rings (SSSR count). The van der Waals surface area contributed by atoms with Gasteiger partial charge in [-0.1, -0.05) is 0 Å². The first-order chi connectivity index (χ1) is 1.73. The summed E-state index contributed by atoms with van der Waals surface area (Å²) in [5.41, 5.74) is 0. The SMILES string of the molecule is CC(=O)O.[C].[Pd]. The zero-order chi connectivity index (χ0) is 3.58. The largest absolute Gasteiger partial charge is 0.481 e. The fraction of sp³-hybridized carbons (Fsp3) is 0.333. The molecule has 0 aliphatic rings. The topological polar surface area (TPSA) is 37.3 Å². The van der Waals surface area contributed by atoms with Crippen LogP contribution in [0.15, 0.2) is 0 Å². The molecule has 0 heterocycles. The average molecular weight is 178 g/mol. The fourth-order valence-corrected chi connectivity index (χ4v) is 0. The van der Waals surface area contributed by atoms with E-state index in [1.165, 1.54) is 0 Å². The molecule has 0 amide bonds. The summed E-state index contributed by atoms with van der Waals surface area (Å²) < 4.78 is 0. The van der Waals surface area contributed by atoms with Crippen molar-refractivity contribution in [3.05, 3.63) is 7.43 Å². The number of hydrogen-bond acceptors (Lipinski definition) is 1. The van der Waals surface area contributed by atoms with Crippen molar-refractivity contribution in [1.82, 2.24) is 0 Å². The van der Waals surface area contributed by atoms with Gasteiger partial charge in [0, 0.05) is 34.8 Å². The van der Waals surface area contributed by atoms with Gasteiger partial charge in [0.15, 0.2) is 0 Å². The molecule has 0 saturated heterocycles. The van der Waals surface area contributed by atoms with Crippen LogP contribution >= 0.6 is 0 Å². The number of carbonyl (C=O) groups is 1. The van der Waals surface area contributed by atoms with Gasteiger partial charge < -0.3 is 5.11 Å². The predicted octanol–water partition coefficient (Wildman–Crippen LogP) is 0.170. The minimum atomic E-state index is -0.833. The van der Waals surface area contributed by atoms with Gasteiger partial charge in [-0.2, -0.15) is 0 Å². The molecule has 0 aliphatic carbocycles. The van der Waals surface area contributed by atoms with Crippen LogP contribution in [0.1, 0.15) is 6.92 Å². The van der Waals surface area contributed by atoms with E-state index < -0.39 is 5.97 Å². The van der Waals surface area contributed by atoms with Crippen molar-refractivity contribution in [1.29, 1.82) is 0 Å². The third-order valence-corrected chi connectivity index (χ3v) is 0. The Morgan fingerprint density at radius 1 is 1.67 bits per heavy atom. The van der Waals surface area contributed by atoms with Gasteiger partial charge in [-0.15, -0.1) is 0 Å². The van der Waals surface area contributed by atoms with Gasteiger partial charge in [-0.05, 0) is 0 Å². The summed E-state index contributed by atoms with van der Waals surface area (Å²) in [6.45, 7) is 1.08. The van der Waals surface area contributed by atoms with E-state index in [4.69, 9.17) is 9.90 Å². The van der Waals surface area contributed by atoms with Gasteiger partial charge in [0.05, 0.1) is 0 Å². The van der Waals surface area contributed by atoms with Crippen molar-refractivity contribution in [2.24, 2.45) is 0 Å². The second-order valence-corrected chi connectivity index (χ2v) is 0.519. The number of hydrogen-bond donors (Lipinski definition) is 1. The van der Waals surface area contributed by atoms with Crippen molar-refractivity contribution in [3.8, 4) is 0 Å². The Morgan fingerprint density at radius 2 is 1.67 bits per heavy atom. The summed E-state index contributed by atoms with van der Waals surface area (Å²) >= 11 is 0. The van der Waals surface area contributed by atoms with Crippen LogP contribution < -0.4 is 0 Å². The summed E-state index contributed by atoms with van der Waals surface area (Å²) in [4.78, 5) is 9.00. The van der Waals surface area contributed by atoms with Crippen LogP contribution in [0, 0.1) is 7.43 Å². The van der Waals surface area contributed by atoms with E-state index in [9.17, 15) is 0 Å². The van der Waals surface area contributed by atoms with Crippen LogP contribution in [0.5, 0.6) is 0 Å². The van der Waals surface area contributed by atoms with Crippen molar-refractivity contribution in [3.63, 3.8) is 0 Å². The summed E-state index contributed by atoms with van der Waals surface area (Å²) in [7, 11) is 0. The standard InChI is InChI=1S/C2H4O2.C.Pd/c1-2(3)4;;/h1H3,(H,3,4);;. The molecule has 0 atom stereocenters. The van der Waals surface area contributed by atoms with E-state index in [-0.39, 0.29) is 27.8 Å². The first-order valence-electron chi connectivity index (χ1n) is 0.928. The van der Waals surface area contributed by atoms with Crippen molar-refractivity contribution < 1.29 is 30.3 Å². The van der Waals surface area contributed by atoms with E-state index >= 15 is 0 Å². The van der Waals surface area contributed by atoms with Crippen LogP contribution in [-0.2, 0) is 25.2 Å². The normalized spacial score (nSPS) is 4.17. The first kappa shape index (κ1) is 16.5. The summed E-state index contributed by atoms with van der Waals surface area (Å²) in [6.07, 6.45) is 0. The Bertz CT molecular complexity index is 31.8. The van der Waals surface area contributed by atoms with Gasteiger partial charge in [-0.3, -0.25) is 4.79 Å². The summed E-state index contributed by atoms with van der Waals surface area (Å²) in [5.74, 6) is -0.833. The fourth-order valence-electron chi connectivity index (χ4n) is 0. The van der Waals surface area contributed by atoms with Crippen molar-refractivity contribution in [2.45, 2.75) is 6.92 Å². The van der Waals surface area contributed by atoms with Gasteiger partial charge in [0.2, 0.25) is 0 Å². The molecule has 0 bridgehead atoms. The monoisotopic (exact) mass is 178 g/mol. The van der Waals surface area contributed by atoms with E-state index in [0.717, 1.165) is 6.92 Å². The van der Waals surface area contributed by atoms with Gasteiger partial charge in [0.1, 0.15) is 0 Å². The maximum Gasteiger partial charge on any atom is 0.300 e. The Hall–Kier alpha value is 0.132. The Kier molecular flexibility index (Phi) is 24.5. The molecule has 0 aromatic rings. The zero-order valence-corrected chi connectivity index (χ0v) is 4.73. The molecule has 0 aliphatic heterocycles. The molecule has 0 fully saturated rings. The minimum absolute atomic E-state index is 0. The molecular weight excluding hydrogens is 174 g/mol. The maximum absolute atomic E-state index is 9.00. The quantitative estimate of drug-likeness (QED) is 0.537. The first-order valence-corrected chi connectivity index (χ1v) is 0.928. The Balaban J connectivity index is -0.0000000450. The molecule has 3 heteroatoms. The van der Waals surface area contributed by atoms with Crippen LogP contribution in [0.25, 0.3) is 0 Å². The molecule has 1 N–H and O–H groups in total. The number of aliphatic carboxylic acids is 1. The van der Waals surface area contributed by atoms with Crippen LogP contribution in [0.4, 0.5) is 0 Å². The zero-order valence-electron chi connectivity index (χ0n) is 3.17. The Labute approximate surface area is 51.2 Å². The van der Waals surface area contributed by atoms with E-state index in [1.807, 2.05) is 0 Å². The smallest absolute Gasteiger partial charge is 0.300 e. The molecule has 0 aromatic carbocycles. The maximum atomic E-state index is 9.00. The summed E-state index contributed by atoms with van der Waals surface area (Å²) in [6, 6.07) is 0. The van der Waals surface area contributed by atoms with Crippen LogP contribution in [0.3, 0.4) is 0 Å². The average Bonchev–Trinajstić information content (AvgIpc) is 0.811. The molecule has 4 radical (unpaired) electrons. The predicted molar refractivity (Wildman–Crippen MR) is 16.6 cm³/mol. The van der Waals surface area contributed by atoms with Crippen LogP contribution in [0.2, 0.25) is 0 Å². The minimum Gasteiger partial charge on any atom is -0.481 e. The van der Waals surface area contributed by atoms with Crippen molar-refractivity contribution >= 4 is 5.97 Å². The molecule has 0 aromatic heterocycles. The van der Waals surface area contributed by atoms with Gasteiger partial charge in [0.25, 0.3) is 5.97 Å². The van der Waals surface area contributed by atoms with Gasteiger partial charge >= 0.3 is 0 Å². The molecular formula is C3H4O2Pd. The molecule has 0 saturated carbocycles. The van der Waals surface area contributed by atoms with Gasteiger partial charge in [-0.25, -0.2) is 0 Å². The van der Waals surface area contributed by atoms with E-state index in [0.29, 0.717) is 0 Å². The molecule has 0 unspecified atom stereocenters. The Morgan fingerprint density at radius 3 is 1.67 bits per heavy atom.